The first-order valence-electron chi connectivity index (χ1n) is 12.4. The van der Waals surface area contributed by atoms with Crippen LogP contribution in [-0.2, 0) is 30.3 Å². The number of benzene rings is 2. The van der Waals surface area contributed by atoms with E-state index in [0.29, 0.717) is 23.1 Å². The molecule has 4 rings (SSSR count). The number of hydrogen-bond donors (Lipinski definition) is 2. The number of rotatable bonds is 9. The van der Waals surface area contributed by atoms with Crippen LogP contribution in [0, 0.1) is 5.21 Å². The summed E-state index contributed by atoms with van der Waals surface area (Å²) in [5.74, 6) is -1.61. The first-order chi connectivity index (χ1) is 17.2. The molecule has 8 nitrogen and oxygen atoms in total. The van der Waals surface area contributed by atoms with Crippen molar-refractivity contribution in [3.63, 3.8) is 0 Å². The van der Waals surface area contributed by atoms with Crippen LogP contribution < -0.4 is 0 Å². The Balaban J connectivity index is 1.47. The molecular formula is C28H33NO7. The molecule has 0 aromatic heterocycles. The third-order valence-electron chi connectivity index (χ3n) is 7.52. The average molecular weight is 496 g/mol. The van der Waals surface area contributed by atoms with Crippen molar-refractivity contribution in [1.29, 1.82) is 0 Å². The largest absolute Gasteiger partial charge is 0.632 e. The van der Waals surface area contributed by atoms with Crippen molar-refractivity contribution in [3.8, 4) is 0 Å². The van der Waals surface area contributed by atoms with E-state index in [-0.39, 0.29) is 32.5 Å². The van der Waals surface area contributed by atoms with E-state index in [4.69, 9.17) is 9.47 Å². The Hall–Kier alpha value is -3.04. The molecule has 0 spiro atoms. The minimum absolute atomic E-state index is 0.111. The fourth-order valence-electron chi connectivity index (χ4n) is 5.22. The van der Waals surface area contributed by atoms with Crippen LogP contribution in [0.4, 0.5) is 0 Å². The number of carbonyl (C=O) groups excluding carboxylic acids is 2. The van der Waals surface area contributed by atoms with E-state index in [9.17, 15) is 25.0 Å². The van der Waals surface area contributed by atoms with Crippen molar-refractivity contribution in [2.75, 3.05) is 19.7 Å². The number of fused-ring (bicyclic) bond motifs is 1. The lowest BCUT2D eigenvalue weighted by molar-refractivity contribution is -0.877. The van der Waals surface area contributed by atoms with Gasteiger partial charge in [-0.3, -0.25) is 0 Å². The van der Waals surface area contributed by atoms with Gasteiger partial charge in [-0.05, 0) is 30.0 Å². The predicted molar refractivity (Wildman–Crippen MR) is 132 cm³/mol. The van der Waals surface area contributed by atoms with Gasteiger partial charge in [0.1, 0.15) is 6.61 Å². The number of quaternary nitrogens is 1. The summed E-state index contributed by atoms with van der Waals surface area (Å²) >= 11 is 0. The number of ether oxygens (including phenoxy) is 2. The molecule has 5 atom stereocenters. The third kappa shape index (κ3) is 4.57. The maximum absolute atomic E-state index is 13.4. The quantitative estimate of drug-likeness (QED) is 0.238. The number of aliphatic hydroxyl groups is 2. The van der Waals surface area contributed by atoms with Crippen molar-refractivity contribution < 1.29 is 33.9 Å². The van der Waals surface area contributed by atoms with Crippen molar-refractivity contribution in [3.05, 3.63) is 88.6 Å². The van der Waals surface area contributed by atoms with E-state index in [0.717, 1.165) is 0 Å². The molecule has 2 aliphatic heterocycles. The summed E-state index contributed by atoms with van der Waals surface area (Å²) in [6.07, 6.45) is 1.53. The molecule has 2 N–H and O–H groups in total. The Labute approximate surface area is 210 Å². The van der Waals surface area contributed by atoms with Crippen LogP contribution in [0.2, 0.25) is 0 Å². The Morgan fingerprint density at radius 2 is 1.47 bits per heavy atom. The van der Waals surface area contributed by atoms with Gasteiger partial charge in [-0.1, -0.05) is 74.5 Å². The molecule has 192 valence electrons. The van der Waals surface area contributed by atoms with Crippen LogP contribution in [0.5, 0.6) is 0 Å². The second-order valence-electron chi connectivity index (χ2n) is 9.55. The van der Waals surface area contributed by atoms with Gasteiger partial charge in [-0.25, -0.2) is 9.59 Å². The molecule has 2 aliphatic rings. The molecule has 2 aromatic rings. The van der Waals surface area contributed by atoms with Gasteiger partial charge >= 0.3 is 11.9 Å². The van der Waals surface area contributed by atoms with E-state index in [1.165, 1.54) is 0 Å². The average Bonchev–Trinajstić information content (AvgIpc) is 3.42. The lowest BCUT2D eigenvalue weighted by Crippen LogP contribution is -2.49. The summed E-state index contributed by atoms with van der Waals surface area (Å²) in [6, 6.07) is 16.4. The minimum atomic E-state index is -1.83. The first kappa shape index (κ1) is 26.0. The van der Waals surface area contributed by atoms with Crippen LogP contribution in [0.15, 0.2) is 72.3 Å². The second kappa shape index (κ2) is 10.1. The molecule has 0 saturated carbocycles. The van der Waals surface area contributed by atoms with Gasteiger partial charge in [-0.2, -0.15) is 0 Å². The van der Waals surface area contributed by atoms with E-state index in [1.807, 2.05) is 0 Å². The maximum Gasteiger partial charge on any atom is 0.343 e. The Kier molecular flexibility index (Phi) is 7.33. The van der Waals surface area contributed by atoms with Gasteiger partial charge in [0.15, 0.2) is 23.3 Å². The van der Waals surface area contributed by atoms with E-state index in [2.05, 4.69) is 0 Å². The number of hydrogen-bond acceptors (Lipinski definition) is 7. The summed E-state index contributed by atoms with van der Waals surface area (Å²) in [5.41, 5.74) is -2.22. The molecule has 0 aliphatic carbocycles. The van der Waals surface area contributed by atoms with Crippen LogP contribution >= 0.6 is 0 Å². The van der Waals surface area contributed by atoms with Gasteiger partial charge in [0.2, 0.25) is 0 Å². The van der Waals surface area contributed by atoms with Gasteiger partial charge < -0.3 is 29.5 Å². The summed E-state index contributed by atoms with van der Waals surface area (Å²) < 4.78 is 10.7. The topological polar surface area (TPSA) is 116 Å². The summed E-state index contributed by atoms with van der Waals surface area (Å²) in [4.78, 5) is 26.0. The van der Waals surface area contributed by atoms with E-state index in [1.54, 1.807) is 80.6 Å². The van der Waals surface area contributed by atoms with Crippen molar-refractivity contribution in [2.24, 2.45) is 0 Å². The van der Waals surface area contributed by atoms with Crippen LogP contribution in [0.1, 0.15) is 44.2 Å². The lowest BCUT2D eigenvalue weighted by atomic mass is 9.91. The molecule has 1 fully saturated rings. The zero-order valence-corrected chi connectivity index (χ0v) is 20.6. The van der Waals surface area contributed by atoms with Crippen molar-refractivity contribution in [1.82, 2.24) is 0 Å². The van der Waals surface area contributed by atoms with Gasteiger partial charge in [-0.15, -0.1) is 0 Å². The standard InChI is InChI=1S/C28H33NO7/c1-3-27(32,21-11-7-5-8-12-21)25(30)35-19-20-15-17-29(34)18-16-23(24(20)29)36-26(31)28(33,4-2)22-13-9-6-10-14-22/h5-15,23-24,32-33H,3-4,16-19H2,1-2H3/t23-,24+,27?,28+,29?/m0/s1. The molecule has 0 radical (unpaired) electrons. The Bertz CT molecular complexity index is 1120. The van der Waals surface area contributed by atoms with E-state index >= 15 is 0 Å². The fraction of sp³-hybridized carbons (Fsp3) is 0.429. The number of carbonyl (C=O) groups is 2. The third-order valence-corrected chi connectivity index (χ3v) is 7.52. The van der Waals surface area contributed by atoms with Crippen LogP contribution in [-0.4, -0.2) is 58.6 Å². The molecule has 0 amide bonds. The molecule has 36 heavy (non-hydrogen) atoms. The molecule has 2 heterocycles. The lowest BCUT2D eigenvalue weighted by Gasteiger charge is -2.41. The summed E-state index contributed by atoms with van der Waals surface area (Å²) in [7, 11) is 0. The molecule has 1 saturated heterocycles. The van der Waals surface area contributed by atoms with Crippen LogP contribution in [0.25, 0.3) is 0 Å². The summed E-state index contributed by atoms with van der Waals surface area (Å²) in [6.45, 7) is 3.62. The SMILES string of the molecule is CCC(O)(C(=O)OCC1=CC[N+]2([O-])CC[C@H](OC(=O)[C@@](O)(CC)c3ccccc3)[C@@H]12)c1ccccc1. The van der Waals surface area contributed by atoms with Crippen LogP contribution in [0.3, 0.4) is 0 Å². The number of esters is 2. The first-order valence-corrected chi connectivity index (χ1v) is 12.4. The zero-order valence-electron chi connectivity index (χ0n) is 20.6. The maximum atomic E-state index is 13.4. The molecule has 0 bridgehead atoms. The molecule has 2 unspecified atom stereocenters. The molecule has 2 aromatic carbocycles. The highest BCUT2D eigenvalue weighted by molar-refractivity contribution is 5.82. The zero-order chi connectivity index (χ0) is 26.0. The minimum Gasteiger partial charge on any atom is -0.632 e. The molecule has 8 heteroatoms. The monoisotopic (exact) mass is 495 g/mol. The highest BCUT2D eigenvalue weighted by Gasteiger charge is 2.52. The highest BCUT2D eigenvalue weighted by atomic mass is 16.6. The van der Waals surface area contributed by atoms with Gasteiger partial charge in [0, 0.05) is 12.0 Å². The molecular weight excluding hydrogens is 462 g/mol. The predicted octanol–water partition coefficient (Wildman–Crippen LogP) is 3.06. The summed E-state index contributed by atoms with van der Waals surface area (Å²) in [5, 5.41) is 35.6. The Morgan fingerprint density at radius 3 is 2.00 bits per heavy atom. The fourth-order valence-corrected chi connectivity index (χ4v) is 5.22. The normalized spacial score (nSPS) is 26.3. The van der Waals surface area contributed by atoms with Gasteiger partial charge in [0.25, 0.3) is 0 Å². The Morgan fingerprint density at radius 1 is 0.944 bits per heavy atom. The second-order valence-corrected chi connectivity index (χ2v) is 9.55. The smallest absolute Gasteiger partial charge is 0.343 e. The van der Waals surface area contributed by atoms with E-state index < -0.39 is 39.9 Å². The van der Waals surface area contributed by atoms with Gasteiger partial charge in [0.05, 0.1) is 13.1 Å². The van der Waals surface area contributed by atoms with Crippen molar-refractivity contribution in [2.45, 2.75) is 56.5 Å². The number of nitrogens with zero attached hydrogens (tertiary/aromatic N) is 1. The number of hydroxylamine groups is 3. The highest BCUT2D eigenvalue weighted by Crippen LogP contribution is 2.39. The van der Waals surface area contributed by atoms with Crippen molar-refractivity contribution >= 4 is 11.9 Å².